The van der Waals surface area contributed by atoms with Crippen LogP contribution in [-0.2, 0) is 11.2 Å². The molecule has 1 fully saturated rings. The number of nitrogens with zero attached hydrogens (tertiary/aromatic N) is 3. The zero-order valence-corrected chi connectivity index (χ0v) is 20.9. The van der Waals surface area contributed by atoms with E-state index in [-0.39, 0.29) is 41.7 Å². The van der Waals surface area contributed by atoms with Crippen molar-refractivity contribution in [3.05, 3.63) is 35.8 Å². The third-order valence-electron chi connectivity index (χ3n) is 5.64. The Morgan fingerprint density at radius 2 is 2.10 bits per heavy atom. The molecule has 2 heterocycles. The second-order valence-corrected chi connectivity index (χ2v) is 7.96. The lowest BCUT2D eigenvalue weighted by atomic mass is 10.1. The molecule has 0 spiro atoms. The van der Waals surface area contributed by atoms with E-state index in [2.05, 4.69) is 25.5 Å². The molecule has 3 rings (SSSR count). The van der Waals surface area contributed by atoms with Gasteiger partial charge in [-0.05, 0) is 56.0 Å². The molecular formula is C22H34FIN6O. The third-order valence-corrected chi connectivity index (χ3v) is 5.64. The summed E-state index contributed by atoms with van der Waals surface area (Å²) in [6.07, 6.45) is 5.74. The van der Waals surface area contributed by atoms with E-state index in [0.29, 0.717) is 0 Å². The molecule has 0 bridgehead atoms. The summed E-state index contributed by atoms with van der Waals surface area (Å²) in [6.45, 7) is 3.42. The molecule has 172 valence electrons. The summed E-state index contributed by atoms with van der Waals surface area (Å²) in [5, 5.41) is 7.72. The van der Waals surface area contributed by atoms with Gasteiger partial charge in [-0.3, -0.25) is 14.7 Å². The highest BCUT2D eigenvalue weighted by Gasteiger charge is 2.30. The highest BCUT2D eigenvalue weighted by Crippen LogP contribution is 2.20. The number of aromatic nitrogens is 1. The molecule has 1 saturated heterocycles. The van der Waals surface area contributed by atoms with Crippen LogP contribution in [0.3, 0.4) is 0 Å². The second kappa shape index (κ2) is 12.2. The second-order valence-electron chi connectivity index (χ2n) is 7.96. The number of carbonyl (C=O) groups is 1. The van der Waals surface area contributed by atoms with Crippen molar-refractivity contribution in [1.82, 2.24) is 25.4 Å². The smallest absolute Gasteiger partial charge is 0.239 e. The van der Waals surface area contributed by atoms with Crippen LogP contribution in [0.15, 0.2) is 29.4 Å². The molecule has 3 N–H and O–H groups in total. The third kappa shape index (κ3) is 6.80. The summed E-state index contributed by atoms with van der Waals surface area (Å²) in [4.78, 5) is 23.7. The zero-order chi connectivity index (χ0) is 21.5. The van der Waals surface area contributed by atoms with Crippen LogP contribution in [0.1, 0.15) is 24.8 Å². The van der Waals surface area contributed by atoms with Crippen LogP contribution < -0.4 is 10.6 Å². The maximum Gasteiger partial charge on any atom is 0.239 e. The van der Waals surface area contributed by atoms with Crippen molar-refractivity contribution in [2.24, 2.45) is 4.99 Å². The Morgan fingerprint density at radius 3 is 2.84 bits per heavy atom. The number of guanidine groups is 1. The standard InChI is InChI=1S/C22H33FN6O.HI/c1-24-22(25-10-5-13-29-12-4-6-20(29)21(30)28(2)3)26-11-9-16-15-27-19-14-17(23)7-8-18(16)19;/h7-8,14-15,20,27H,4-6,9-13H2,1-3H3,(H2,24,25,26);1H. The summed E-state index contributed by atoms with van der Waals surface area (Å²) in [5.41, 5.74) is 1.97. The Labute approximate surface area is 200 Å². The first-order valence-electron chi connectivity index (χ1n) is 10.6. The van der Waals surface area contributed by atoms with Gasteiger partial charge in [-0.25, -0.2) is 4.39 Å². The maximum absolute atomic E-state index is 13.3. The molecule has 1 amide bonds. The monoisotopic (exact) mass is 544 g/mol. The molecule has 2 aromatic rings. The van der Waals surface area contributed by atoms with E-state index < -0.39 is 0 Å². The van der Waals surface area contributed by atoms with Gasteiger partial charge in [0.05, 0.1) is 6.04 Å². The van der Waals surface area contributed by atoms with Gasteiger partial charge in [0.15, 0.2) is 5.96 Å². The van der Waals surface area contributed by atoms with E-state index >= 15 is 0 Å². The molecule has 9 heteroatoms. The van der Waals surface area contributed by atoms with E-state index in [1.54, 1.807) is 11.9 Å². The maximum atomic E-state index is 13.3. The predicted molar refractivity (Wildman–Crippen MR) is 135 cm³/mol. The number of aromatic amines is 1. The molecule has 1 atom stereocenters. The van der Waals surface area contributed by atoms with Crippen LogP contribution in [-0.4, -0.2) is 80.0 Å². The number of aliphatic imine (C=N–C) groups is 1. The van der Waals surface area contributed by atoms with Gasteiger partial charge in [0.2, 0.25) is 5.91 Å². The topological polar surface area (TPSA) is 75.8 Å². The molecular weight excluding hydrogens is 510 g/mol. The fraction of sp³-hybridized carbons (Fsp3) is 0.545. The van der Waals surface area contributed by atoms with E-state index in [4.69, 9.17) is 0 Å². The quantitative estimate of drug-likeness (QED) is 0.207. The SMILES string of the molecule is CN=C(NCCCN1CCCC1C(=O)N(C)C)NCCc1c[nH]c2cc(F)ccc12.I. The van der Waals surface area contributed by atoms with Crippen LogP contribution >= 0.6 is 24.0 Å². The first-order chi connectivity index (χ1) is 14.5. The lowest BCUT2D eigenvalue weighted by Gasteiger charge is -2.26. The minimum Gasteiger partial charge on any atom is -0.361 e. The van der Waals surface area contributed by atoms with Gasteiger partial charge < -0.3 is 20.5 Å². The first kappa shape index (κ1) is 25.4. The van der Waals surface area contributed by atoms with Crippen molar-refractivity contribution in [2.45, 2.75) is 31.7 Å². The number of benzene rings is 1. The normalized spacial score (nSPS) is 16.9. The number of H-pyrrole nitrogens is 1. The summed E-state index contributed by atoms with van der Waals surface area (Å²) >= 11 is 0. The van der Waals surface area contributed by atoms with Crippen molar-refractivity contribution in [2.75, 3.05) is 47.3 Å². The lowest BCUT2D eigenvalue weighted by molar-refractivity contribution is -0.133. The van der Waals surface area contributed by atoms with Gasteiger partial charge in [-0.1, -0.05) is 0 Å². The van der Waals surface area contributed by atoms with E-state index in [9.17, 15) is 9.18 Å². The molecule has 1 aromatic heterocycles. The number of nitrogens with one attached hydrogen (secondary N) is 3. The highest BCUT2D eigenvalue weighted by atomic mass is 127. The van der Waals surface area contributed by atoms with Gasteiger partial charge in [0, 0.05) is 57.9 Å². The average molecular weight is 544 g/mol. The van der Waals surface area contributed by atoms with Crippen molar-refractivity contribution >= 4 is 46.7 Å². The number of carbonyl (C=O) groups excluding carboxylic acids is 1. The van der Waals surface area contributed by atoms with Crippen molar-refractivity contribution < 1.29 is 9.18 Å². The number of likely N-dealkylation sites (N-methyl/N-ethyl adjacent to an activating group) is 1. The minimum absolute atomic E-state index is 0. The highest BCUT2D eigenvalue weighted by molar-refractivity contribution is 14.0. The predicted octanol–water partition coefficient (Wildman–Crippen LogP) is 2.58. The number of amides is 1. The Balaban J connectivity index is 0.00000341. The van der Waals surface area contributed by atoms with Crippen molar-refractivity contribution in [3.8, 4) is 0 Å². The number of likely N-dealkylation sites (tertiary alicyclic amines) is 1. The zero-order valence-electron chi connectivity index (χ0n) is 18.6. The number of hydrogen-bond acceptors (Lipinski definition) is 3. The summed E-state index contributed by atoms with van der Waals surface area (Å²) in [6, 6.07) is 4.85. The molecule has 7 nitrogen and oxygen atoms in total. The van der Waals surface area contributed by atoms with Gasteiger partial charge in [0.25, 0.3) is 0 Å². The van der Waals surface area contributed by atoms with Gasteiger partial charge >= 0.3 is 0 Å². The number of fused-ring (bicyclic) bond motifs is 1. The van der Waals surface area contributed by atoms with Crippen LogP contribution in [0.25, 0.3) is 10.9 Å². The molecule has 31 heavy (non-hydrogen) atoms. The molecule has 0 radical (unpaired) electrons. The molecule has 1 aromatic carbocycles. The summed E-state index contributed by atoms with van der Waals surface area (Å²) in [7, 11) is 5.41. The molecule has 1 unspecified atom stereocenters. The van der Waals surface area contributed by atoms with Crippen LogP contribution in [0.4, 0.5) is 4.39 Å². The summed E-state index contributed by atoms with van der Waals surface area (Å²) in [5.74, 6) is 0.742. The van der Waals surface area contributed by atoms with Crippen LogP contribution in [0.2, 0.25) is 0 Å². The Morgan fingerprint density at radius 1 is 1.32 bits per heavy atom. The minimum atomic E-state index is -0.232. The van der Waals surface area contributed by atoms with Crippen LogP contribution in [0, 0.1) is 5.82 Å². The molecule has 0 aliphatic carbocycles. The van der Waals surface area contributed by atoms with E-state index in [1.165, 1.54) is 12.1 Å². The van der Waals surface area contributed by atoms with E-state index in [1.807, 2.05) is 26.4 Å². The fourth-order valence-electron chi connectivity index (χ4n) is 4.06. The first-order valence-corrected chi connectivity index (χ1v) is 10.6. The fourth-order valence-corrected chi connectivity index (χ4v) is 4.06. The molecule has 0 saturated carbocycles. The van der Waals surface area contributed by atoms with Gasteiger partial charge in [-0.15, -0.1) is 24.0 Å². The molecule has 1 aliphatic heterocycles. The van der Waals surface area contributed by atoms with Gasteiger partial charge in [-0.2, -0.15) is 0 Å². The van der Waals surface area contributed by atoms with Crippen molar-refractivity contribution in [3.63, 3.8) is 0 Å². The number of halogens is 2. The van der Waals surface area contributed by atoms with Gasteiger partial charge in [0.1, 0.15) is 5.82 Å². The lowest BCUT2D eigenvalue weighted by Crippen LogP contribution is -2.44. The van der Waals surface area contributed by atoms with Crippen LogP contribution in [0.5, 0.6) is 0 Å². The Hall–Kier alpha value is -1.88. The number of rotatable bonds is 8. The van der Waals surface area contributed by atoms with E-state index in [0.717, 1.165) is 74.3 Å². The van der Waals surface area contributed by atoms with Crippen molar-refractivity contribution in [1.29, 1.82) is 0 Å². The average Bonchev–Trinajstić information content (AvgIpc) is 3.35. The number of hydrogen-bond donors (Lipinski definition) is 3. The summed E-state index contributed by atoms with van der Waals surface area (Å²) < 4.78 is 13.3. The largest absolute Gasteiger partial charge is 0.361 e. The molecule has 1 aliphatic rings. The Bertz CT molecular complexity index is 884. The Kier molecular flexibility index (Phi) is 10.0.